The van der Waals surface area contributed by atoms with Gasteiger partial charge in [0.05, 0.1) is 17.2 Å². The van der Waals surface area contributed by atoms with Crippen LogP contribution in [-0.4, -0.2) is 39.4 Å². The van der Waals surface area contributed by atoms with Crippen molar-refractivity contribution in [3.63, 3.8) is 0 Å². The summed E-state index contributed by atoms with van der Waals surface area (Å²) in [5.41, 5.74) is 2.16. The van der Waals surface area contributed by atoms with Crippen LogP contribution >= 0.6 is 23.2 Å². The van der Waals surface area contributed by atoms with E-state index in [1.54, 1.807) is 25.1 Å². The number of aromatic nitrogens is 2. The fourth-order valence-electron chi connectivity index (χ4n) is 4.20. The lowest BCUT2D eigenvalue weighted by Crippen LogP contribution is -2.36. The molecule has 2 aromatic carbocycles. The van der Waals surface area contributed by atoms with E-state index in [1.807, 2.05) is 23.1 Å². The zero-order chi connectivity index (χ0) is 23.5. The fourth-order valence-corrected chi connectivity index (χ4v) is 4.77. The first kappa shape index (κ1) is 23.3. The van der Waals surface area contributed by atoms with E-state index in [0.717, 1.165) is 24.0 Å². The van der Waals surface area contributed by atoms with Gasteiger partial charge in [0.2, 0.25) is 11.8 Å². The normalized spacial score (nSPS) is 14.5. The van der Waals surface area contributed by atoms with E-state index >= 15 is 0 Å². The van der Waals surface area contributed by atoms with Crippen LogP contribution in [0.25, 0.3) is 10.9 Å². The van der Waals surface area contributed by atoms with Gasteiger partial charge in [-0.3, -0.25) is 19.0 Å². The molecule has 0 radical (unpaired) electrons. The molecule has 1 saturated heterocycles. The number of nitrogens with zero attached hydrogens (tertiary/aromatic N) is 3. The number of nitrogens with one attached hydrogen (secondary N) is 1. The molecule has 0 spiro atoms. The number of amides is 2. The summed E-state index contributed by atoms with van der Waals surface area (Å²) >= 11 is 12.0. The molecule has 33 heavy (non-hydrogen) atoms. The molecule has 1 fully saturated rings. The van der Waals surface area contributed by atoms with Crippen LogP contribution in [0.5, 0.6) is 0 Å². The van der Waals surface area contributed by atoms with E-state index < -0.39 is 0 Å². The molecule has 1 aliphatic rings. The number of carbonyl (C=O) groups excluding carboxylic acids is 2. The van der Waals surface area contributed by atoms with Crippen LogP contribution < -0.4 is 10.9 Å². The fraction of sp³-hybridized carbons (Fsp3) is 0.333. The van der Waals surface area contributed by atoms with Crippen LogP contribution in [0.2, 0.25) is 10.0 Å². The molecule has 0 bridgehead atoms. The predicted octanol–water partition coefficient (Wildman–Crippen LogP) is 3.75. The maximum Gasteiger partial charge on any atom is 0.261 e. The highest BCUT2D eigenvalue weighted by Gasteiger charge is 2.22. The Morgan fingerprint density at radius 2 is 1.79 bits per heavy atom. The van der Waals surface area contributed by atoms with E-state index in [1.165, 1.54) is 10.9 Å². The summed E-state index contributed by atoms with van der Waals surface area (Å²) in [5.74, 6) is 0.0590. The summed E-state index contributed by atoms with van der Waals surface area (Å²) in [6.07, 6.45) is 3.11. The van der Waals surface area contributed by atoms with Crippen LogP contribution in [0, 0.1) is 0 Å². The summed E-state index contributed by atoms with van der Waals surface area (Å²) in [5, 5.41) is 4.24. The highest BCUT2D eigenvalue weighted by Crippen LogP contribution is 2.29. The number of fused-ring (bicyclic) bond motifs is 1. The lowest BCUT2D eigenvalue weighted by atomic mass is 9.89. The second-order valence-corrected chi connectivity index (χ2v) is 9.16. The highest BCUT2D eigenvalue weighted by atomic mass is 35.5. The minimum absolute atomic E-state index is 0.0933. The Kier molecular flexibility index (Phi) is 7.00. The van der Waals surface area contributed by atoms with Gasteiger partial charge in [-0.1, -0.05) is 29.3 Å². The molecule has 2 amide bonds. The zero-order valence-corrected chi connectivity index (χ0v) is 19.7. The van der Waals surface area contributed by atoms with Crippen LogP contribution in [0.3, 0.4) is 0 Å². The van der Waals surface area contributed by atoms with E-state index in [-0.39, 0.29) is 36.4 Å². The lowest BCUT2D eigenvalue weighted by molar-refractivity contribution is -0.129. The molecule has 1 N–H and O–H groups in total. The molecule has 172 valence electrons. The van der Waals surface area contributed by atoms with Gasteiger partial charge in [-0.2, -0.15) is 0 Å². The molecule has 4 rings (SSSR count). The predicted molar refractivity (Wildman–Crippen MR) is 129 cm³/mol. The number of rotatable bonds is 5. The Morgan fingerprint density at radius 1 is 1.09 bits per heavy atom. The zero-order valence-electron chi connectivity index (χ0n) is 18.2. The Morgan fingerprint density at radius 3 is 2.45 bits per heavy atom. The molecule has 1 aliphatic heterocycles. The van der Waals surface area contributed by atoms with Gasteiger partial charge in [-0.25, -0.2) is 4.98 Å². The standard InChI is InChI=1S/C24H24Cl2N4O3/c1-15(31)29-6-4-17(5-7-29)18-2-3-22-21(10-18)24(33)30(14-28-22)13-23(32)27-12-16-8-19(25)11-20(26)9-16/h2-3,8-11,14,17H,4-7,12-13H2,1H3,(H,27,32). The van der Waals surface area contributed by atoms with Gasteiger partial charge >= 0.3 is 0 Å². The lowest BCUT2D eigenvalue weighted by Gasteiger charge is -2.31. The third kappa shape index (κ3) is 5.54. The Hall–Kier alpha value is -2.90. The smallest absolute Gasteiger partial charge is 0.261 e. The number of carbonyl (C=O) groups is 2. The summed E-state index contributed by atoms with van der Waals surface area (Å²) < 4.78 is 1.31. The van der Waals surface area contributed by atoms with Crippen LogP contribution in [-0.2, 0) is 22.7 Å². The molecule has 9 heteroatoms. The number of likely N-dealkylation sites (tertiary alicyclic amines) is 1. The second kappa shape index (κ2) is 9.93. The third-order valence-corrected chi connectivity index (χ3v) is 6.42. The van der Waals surface area contributed by atoms with Crippen molar-refractivity contribution in [3.8, 4) is 0 Å². The van der Waals surface area contributed by atoms with Gasteiger partial charge in [0, 0.05) is 36.6 Å². The number of benzene rings is 2. The molecular weight excluding hydrogens is 463 g/mol. The van der Waals surface area contributed by atoms with Crippen molar-refractivity contribution >= 4 is 45.9 Å². The molecule has 7 nitrogen and oxygen atoms in total. The van der Waals surface area contributed by atoms with Gasteiger partial charge in [0.15, 0.2) is 0 Å². The first-order chi connectivity index (χ1) is 15.8. The maximum absolute atomic E-state index is 13.1. The van der Waals surface area contributed by atoms with Crippen LogP contribution in [0.1, 0.15) is 36.8 Å². The van der Waals surface area contributed by atoms with Gasteiger partial charge in [0.25, 0.3) is 5.56 Å². The largest absolute Gasteiger partial charge is 0.350 e. The number of halogens is 2. The van der Waals surface area contributed by atoms with Gasteiger partial charge < -0.3 is 10.2 Å². The van der Waals surface area contributed by atoms with Gasteiger partial charge in [0.1, 0.15) is 6.54 Å². The van der Waals surface area contributed by atoms with Crippen molar-refractivity contribution in [2.24, 2.45) is 0 Å². The van der Waals surface area contributed by atoms with Crippen molar-refractivity contribution in [3.05, 3.63) is 74.3 Å². The number of hydrogen-bond donors (Lipinski definition) is 1. The SMILES string of the molecule is CC(=O)N1CCC(c2ccc3ncn(CC(=O)NCc4cc(Cl)cc(Cl)c4)c(=O)c3c2)CC1. The summed E-state index contributed by atoms with van der Waals surface area (Å²) in [7, 11) is 0. The van der Waals surface area contributed by atoms with E-state index in [2.05, 4.69) is 10.3 Å². The summed E-state index contributed by atoms with van der Waals surface area (Å²) in [6, 6.07) is 10.8. The Bertz CT molecular complexity index is 1250. The van der Waals surface area contributed by atoms with Crippen molar-refractivity contribution in [2.45, 2.75) is 38.8 Å². The Labute approximate surface area is 201 Å². The molecule has 0 saturated carbocycles. The minimum Gasteiger partial charge on any atom is -0.350 e. The van der Waals surface area contributed by atoms with Crippen molar-refractivity contribution < 1.29 is 9.59 Å². The number of hydrogen-bond acceptors (Lipinski definition) is 4. The van der Waals surface area contributed by atoms with E-state index in [9.17, 15) is 14.4 Å². The van der Waals surface area contributed by atoms with E-state index in [0.29, 0.717) is 34.0 Å². The topological polar surface area (TPSA) is 84.3 Å². The first-order valence-corrected chi connectivity index (χ1v) is 11.5. The molecule has 0 atom stereocenters. The Balaban J connectivity index is 1.47. The summed E-state index contributed by atoms with van der Waals surface area (Å²) in [4.78, 5) is 43.3. The summed E-state index contributed by atoms with van der Waals surface area (Å²) in [6.45, 7) is 3.13. The van der Waals surface area contributed by atoms with Gasteiger partial charge in [-0.15, -0.1) is 0 Å². The number of piperidine rings is 1. The average molecular weight is 487 g/mol. The monoisotopic (exact) mass is 486 g/mol. The maximum atomic E-state index is 13.1. The molecule has 3 aromatic rings. The highest BCUT2D eigenvalue weighted by molar-refractivity contribution is 6.34. The third-order valence-electron chi connectivity index (χ3n) is 5.99. The minimum atomic E-state index is -0.317. The average Bonchev–Trinajstić information content (AvgIpc) is 2.79. The van der Waals surface area contributed by atoms with E-state index in [4.69, 9.17) is 23.2 Å². The molecule has 1 aromatic heterocycles. The molecule has 0 unspecified atom stereocenters. The van der Waals surface area contributed by atoms with Crippen molar-refractivity contribution in [2.75, 3.05) is 13.1 Å². The molecule has 2 heterocycles. The van der Waals surface area contributed by atoms with Crippen molar-refractivity contribution in [1.29, 1.82) is 0 Å². The molecular formula is C24H24Cl2N4O3. The van der Waals surface area contributed by atoms with Crippen molar-refractivity contribution in [1.82, 2.24) is 19.8 Å². The van der Waals surface area contributed by atoms with Crippen LogP contribution in [0.4, 0.5) is 0 Å². The second-order valence-electron chi connectivity index (χ2n) is 8.29. The molecule has 0 aliphatic carbocycles. The first-order valence-electron chi connectivity index (χ1n) is 10.8. The van der Waals surface area contributed by atoms with Crippen LogP contribution in [0.15, 0.2) is 47.5 Å². The van der Waals surface area contributed by atoms with Gasteiger partial charge in [-0.05, 0) is 60.2 Å². The quantitative estimate of drug-likeness (QED) is 0.595.